The van der Waals surface area contributed by atoms with Gasteiger partial charge in [0.15, 0.2) is 0 Å². The number of carbonyl (C=O) groups is 3. The number of pyridine rings is 1. The van der Waals surface area contributed by atoms with Crippen molar-refractivity contribution < 1.29 is 19.5 Å². The van der Waals surface area contributed by atoms with E-state index in [1.807, 2.05) is 37.4 Å². The van der Waals surface area contributed by atoms with Gasteiger partial charge in [0, 0.05) is 17.3 Å². The fourth-order valence-electron chi connectivity index (χ4n) is 3.35. The van der Waals surface area contributed by atoms with Crippen molar-refractivity contribution in [2.24, 2.45) is 0 Å². The molecule has 0 aliphatic rings. The van der Waals surface area contributed by atoms with Crippen LogP contribution >= 0.6 is 11.8 Å². The Bertz CT molecular complexity index is 1150. The van der Waals surface area contributed by atoms with Crippen molar-refractivity contribution in [2.45, 2.75) is 19.4 Å². The second-order valence-corrected chi connectivity index (χ2v) is 8.40. The van der Waals surface area contributed by atoms with Crippen LogP contribution in [0.3, 0.4) is 0 Å². The molecule has 0 aliphatic carbocycles. The molecule has 0 fully saturated rings. The van der Waals surface area contributed by atoms with Crippen LogP contribution in [0.1, 0.15) is 32.7 Å². The van der Waals surface area contributed by atoms with Gasteiger partial charge in [-0.2, -0.15) is 11.8 Å². The number of carbonyl (C=O) groups excluding carboxylic acids is 2. The average molecular weight is 464 g/mol. The van der Waals surface area contributed by atoms with Gasteiger partial charge in [-0.25, -0.2) is 4.79 Å². The number of aromatic nitrogens is 1. The highest BCUT2D eigenvalue weighted by Crippen LogP contribution is 2.28. The quantitative estimate of drug-likeness (QED) is 0.438. The van der Waals surface area contributed by atoms with Gasteiger partial charge >= 0.3 is 5.97 Å². The van der Waals surface area contributed by atoms with E-state index < -0.39 is 17.9 Å². The first kappa shape index (κ1) is 24.0. The van der Waals surface area contributed by atoms with Gasteiger partial charge in [-0.05, 0) is 72.4 Å². The number of aryl methyl sites for hydroxylation is 1. The van der Waals surface area contributed by atoms with Crippen molar-refractivity contribution in [2.75, 3.05) is 17.3 Å². The molecule has 170 valence electrons. The van der Waals surface area contributed by atoms with Gasteiger partial charge in [-0.3, -0.25) is 14.6 Å². The third kappa shape index (κ3) is 6.20. The highest BCUT2D eigenvalue weighted by molar-refractivity contribution is 7.98. The van der Waals surface area contributed by atoms with E-state index in [-0.39, 0.29) is 5.91 Å². The highest BCUT2D eigenvalue weighted by Gasteiger charge is 2.23. The molecule has 3 N–H and O–H groups in total. The molecule has 7 nitrogen and oxygen atoms in total. The van der Waals surface area contributed by atoms with E-state index in [0.717, 1.165) is 11.1 Å². The Morgan fingerprint density at radius 2 is 1.82 bits per heavy atom. The lowest BCUT2D eigenvalue weighted by Crippen LogP contribution is -2.41. The molecule has 0 radical (unpaired) electrons. The average Bonchev–Trinajstić information content (AvgIpc) is 2.82. The third-order valence-electron chi connectivity index (χ3n) is 5.10. The molecule has 2 aromatic carbocycles. The number of amides is 2. The number of carboxylic acid groups (broad SMARTS) is 1. The number of benzene rings is 2. The van der Waals surface area contributed by atoms with Crippen LogP contribution < -0.4 is 10.6 Å². The molecule has 3 aromatic rings. The molecule has 8 heteroatoms. The molecule has 0 saturated carbocycles. The zero-order valence-corrected chi connectivity index (χ0v) is 19.2. The summed E-state index contributed by atoms with van der Waals surface area (Å²) in [5.74, 6) is -1.31. The van der Waals surface area contributed by atoms with Gasteiger partial charge < -0.3 is 15.7 Å². The molecule has 0 spiro atoms. The lowest BCUT2D eigenvalue weighted by atomic mass is 9.93. The summed E-state index contributed by atoms with van der Waals surface area (Å²) in [7, 11) is 0. The molecule has 3 rings (SSSR count). The predicted molar refractivity (Wildman–Crippen MR) is 131 cm³/mol. The van der Waals surface area contributed by atoms with Crippen molar-refractivity contribution in [3.05, 3.63) is 83.7 Å². The second-order valence-electron chi connectivity index (χ2n) is 7.42. The van der Waals surface area contributed by atoms with Gasteiger partial charge in [0.1, 0.15) is 6.04 Å². The fraction of sp³-hybridized carbons (Fsp3) is 0.200. The molecule has 1 atom stereocenters. The summed E-state index contributed by atoms with van der Waals surface area (Å²) in [5.41, 5.74) is 3.49. The Balaban J connectivity index is 1.97. The Kier molecular flexibility index (Phi) is 8.21. The van der Waals surface area contributed by atoms with Crippen molar-refractivity contribution in [1.82, 2.24) is 10.3 Å². The number of anilines is 1. The first-order valence-corrected chi connectivity index (χ1v) is 11.7. The molecule has 0 bridgehead atoms. The maximum atomic E-state index is 13.1. The number of hydrogen-bond acceptors (Lipinski definition) is 5. The predicted octanol–water partition coefficient (Wildman–Crippen LogP) is 4.25. The van der Waals surface area contributed by atoms with Crippen LogP contribution in [-0.4, -0.2) is 45.9 Å². The van der Waals surface area contributed by atoms with Crippen LogP contribution in [0.2, 0.25) is 0 Å². The SMILES string of the molecule is CSCCC(NC(=O)c1ccc(C(=O)Nc2cccnc2)cc1-c1ccccc1C)C(=O)O. The normalized spacial score (nSPS) is 11.5. The van der Waals surface area contributed by atoms with E-state index in [1.165, 1.54) is 11.8 Å². The van der Waals surface area contributed by atoms with E-state index >= 15 is 0 Å². The molecule has 0 aliphatic heterocycles. The zero-order chi connectivity index (χ0) is 23.8. The maximum absolute atomic E-state index is 13.1. The third-order valence-corrected chi connectivity index (χ3v) is 5.74. The lowest BCUT2D eigenvalue weighted by Gasteiger charge is -2.17. The highest BCUT2D eigenvalue weighted by atomic mass is 32.2. The number of rotatable bonds is 9. The van der Waals surface area contributed by atoms with Crippen molar-refractivity contribution in [3.63, 3.8) is 0 Å². The van der Waals surface area contributed by atoms with Crippen LogP contribution in [0.5, 0.6) is 0 Å². The van der Waals surface area contributed by atoms with Crippen LogP contribution in [0.15, 0.2) is 67.0 Å². The van der Waals surface area contributed by atoms with Crippen LogP contribution in [0.25, 0.3) is 11.1 Å². The molecule has 1 aromatic heterocycles. The van der Waals surface area contributed by atoms with E-state index in [2.05, 4.69) is 15.6 Å². The van der Waals surface area contributed by atoms with E-state index in [4.69, 9.17) is 0 Å². The molecular weight excluding hydrogens is 438 g/mol. The summed E-state index contributed by atoms with van der Waals surface area (Å²) in [6, 6.07) is 14.7. The summed E-state index contributed by atoms with van der Waals surface area (Å²) in [6.45, 7) is 1.91. The van der Waals surface area contributed by atoms with Crippen LogP contribution in [-0.2, 0) is 4.79 Å². The zero-order valence-electron chi connectivity index (χ0n) is 18.4. The van der Waals surface area contributed by atoms with Crippen LogP contribution in [0.4, 0.5) is 5.69 Å². The Labute approximate surface area is 196 Å². The topological polar surface area (TPSA) is 108 Å². The minimum atomic E-state index is -1.08. The first-order valence-electron chi connectivity index (χ1n) is 10.3. The number of hydrogen-bond donors (Lipinski definition) is 3. The van der Waals surface area contributed by atoms with Gasteiger partial charge in [0.05, 0.1) is 11.9 Å². The summed E-state index contributed by atoms with van der Waals surface area (Å²) in [4.78, 5) is 41.5. The Morgan fingerprint density at radius 3 is 2.48 bits per heavy atom. The molecule has 2 amide bonds. The number of thioether (sulfide) groups is 1. The number of aliphatic carboxylic acids is 1. The maximum Gasteiger partial charge on any atom is 0.326 e. The minimum Gasteiger partial charge on any atom is -0.480 e. The minimum absolute atomic E-state index is 0.303. The fourth-order valence-corrected chi connectivity index (χ4v) is 3.82. The smallest absolute Gasteiger partial charge is 0.326 e. The van der Waals surface area contributed by atoms with Gasteiger partial charge in [-0.1, -0.05) is 24.3 Å². The summed E-state index contributed by atoms with van der Waals surface area (Å²) in [6.07, 6.45) is 5.35. The summed E-state index contributed by atoms with van der Waals surface area (Å²) in [5, 5.41) is 14.9. The summed E-state index contributed by atoms with van der Waals surface area (Å²) < 4.78 is 0. The van der Waals surface area contributed by atoms with Crippen molar-refractivity contribution in [3.8, 4) is 11.1 Å². The van der Waals surface area contributed by atoms with E-state index in [0.29, 0.717) is 34.6 Å². The number of nitrogens with one attached hydrogen (secondary N) is 2. The lowest BCUT2D eigenvalue weighted by molar-refractivity contribution is -0.139. The number of nitrogens with zero attached hydrogens (tertiary/aromatic N) is 1. The molecular formula is C25H25N3O4S. The van der Waals surface area contributed by atoms with Crippen LogP contribution in [0, 0.1) is 6.92 Å². The largest absolute Gasteiger partial charge is 0.480 e. The Hall–Kier alpha value is -3.65. The van der Waals surface area contributed by atoms with Gasteiger partial charge in [-0.15, -0.1) is 0 Å². The Morgan fingerprint density at radius 1 is 1.03 bits per heavy atom. The molecule has 1 unspecified atom stereocenters. The number of carboxylic acids is 1. The van der Waals surface area contributed by atoms with Gasteiger partial charge in [0.2, 0.25) is 0 Å². The van der Waals surface area contributed by atoms with Crippen molar-refractivity contribution in [1.29, 1.82) is 0 Å². The first-order chi connectivity index (χ1) is 15.9. The van der Waals surface area contributed by atoms with Gasteiger partial charge in [0.25, 0.3) is 11.8 Å². The monoisotopic (exact) mass is 463 g/mol. The second kappa shape index (κ2) is 11.3. The van der Waals surface area contributed by atoms with E-state index in [9.17, 15) is 19.5 Å². The standard InChI is InChI=1S/C25H25N3O4S/c1-16-6-3-4-8-19(16)21-14-17(23(29)27-18-7-5-12-26-15-18)9-10-20(21)24(30)28-22(25(31)32)11-13-33-2/h3-10,12,14-15,22H,11,13H2,1-2H3,(H,27,29)(H,28,30)(H,31,32). The van der Waals surface area contributed by atoms with E-state index in [1.54, 1.807) is 42.7 Å². The van der Waals surface area contributed by atoms with Crippen molar-refractivity contribution >= 4 is 35.2 Å². The molecule has 0 saturated heterocycles. The molecule has 33 heavy (non-hydrogen) atoms. The molecule has 1 heterocycles. The summed E-state index contributed by atoms with van der Waals surface area (Å²) >= 11 is 1.51.